The van der Waals surface area contributed by atoms with Crippen LogP contribution in [0.5, 0.6) is 0 Å². The molecule has 0 radical (unpaired) electrons. The predicted octanol–water partition coefficient (Wildman–Crippen LogP) is 2.68. The maximum Gasteiger partial charge on any atom is 0.193 e. The Kier molecular flexibility index (Phi) is 2.41. The van der Waals surface area contributed by atoms with E-state index in [4.69, 9.17) is 0 Å². The van der Waals surface area contributed by atoms with Crippen molar-refractivity contribution in [3.8, 4) is 0 Å². The van der Waals surface area contributed by atoms with Gasteiger partial charge in [-0.25, -0.2) is 0 Å². The van der Waals surface area contributed by atoms with Gasteiger partial charge < -0.3 is 0 Å². The Hall–Kier alpha value is -1.48. The summed E-state index contributed by atoms with van der Waals surface area (Å²) >= 11 is 1.59. The van der Waals surface area contributed by atoms with Crippen LogP contribution in [0.3, 0.4) is 0 Å². The lowest BCUT2D eigenvalue weighted by molar-refractivity contribution is 0.103. The number of hydrogen-bond donors (Lipinski definition) is 0. The molecule has 3 heteroatoms. The molecule has 0 saturated heterocycles. The van der Waals surface area contributed by atoms with Crippen molar-refractivity contribution in [1.82, 2.24) is 4.98 Å². The molecule has 0 bridgehead atoms. The molecule has 0 atom stereocenters. The van der Waals surface area contributed by atoms with Crippen LogP contribution in [0.2, 0.25) is 0 Å². The zero-order valence-corrected chi connectivity index (χ0v) is 8.54. The molecule has 2 rings (SSSR count). The molecule has 2 nitrogen and oxygen atoms in total. The molecule has 0 aromatic carbocycles. The van der Waals surface area contributed by atoms with Crippen LogP contribution in [0.4, 0.5) is 0 Å². The number of aryl methyl sites for hydroxylation is 1. The number of pyridine rings is 1. The first-order valence-corrected chi connectivity index (χ1v) is 5.15. The smallest absolute Gasteiger partial charge is 0.193 e. The zero-order valence-electron chi connectivity index (χ0n) is 7.73. The van der Waals surface area contributed by atoms with Crippen LogP contribution in [0.1, 0.15) is 20.8 Å². The molecule has 70 valence electrons. The van der Waals surface area contributed by atoms with Gasteiger partial charge in [0.1, 0.15) is 0 Å². The fraction of sp³-hybridized carbons (Fsp3) is 0.0909. The van der Waals surface area contributed by atoms with Gasteiger partial charge in [-0.3, -0.25) is 9.78 Å². The predicted molar refractivity (Wildman–Crippen MR) is 56.7 cm³/mol. The number of ketones is 1. The molecule has 0 aliphatic heterocycles. The fourth-order valence-electron chi connectivity index (χ4n) is 1.23. The monoisotopic (exact) mass is 203 g/mol. The highest BCUT2D eigenvalue weighted by Gasteiger charge is 2.09. The largest absolute Gasteiger partial charge is 0.289 e. The van der Waals surface area contributed by atoms with E-state index in [-0.39, 0.29) is 5.78 Å². The van der Waals surface area contributed by atoms with Crippen LogP contribution in [0, 0.1) is 6.92 Å². The second kappa shape index (κ2) is 3.72. The molecule has 0 amide bonds. The molecule has 0 fully saturated rings. The van der Waals surface area contributed by atoms with Crippen molar-refractivity contribution in [3.63, 3.8) is 0 Å². The highest BCUT2D eigenvalue weighted by Crippen LogP contribution is 2.16. The summed E-state index contributed by atoms with van der Waals surface area (Å²) in [5.41, 5.74) is 1.46. The number of nitrogens with zero attached hydrogens (tertiary/aromatic N) is 1. The quantitative estimate of drug-likeness (QED) is 0.702. The summed E-state index contributed by atoms with van der Waals surface area (Å²) in [6.45, 7) is 1.99. The van der Waals surface area contributed by atoms with Gasteiger partial charge in [-0.05, 0) is 25.1 Å². The van der Waals surface area contributed by atoms with Crippen LogP contribution >= 0.6 is 11.3 Å². The second-order valence-electron chi connectivity index (χ2n) is 3.01. The number of aromatic nitrogens is 1. The van der Waals surface area contributed by atoms with Crippen LogP contribution < -0.4 is 0 Å². The van der Waals surface area contributed by atoms with E-state index in [9.17, 15) is 4.79 Å². The van der Waals surface area contributed by atoms with Crippen molar-refractivity contribution in [1.29, 1.82) is 0 Å². The topological polar surface area (TPSA) is 30.0 Å². The Balaban J connectivity index is 2.34. The zero-order chi connectivity index (χ0) is 9.97. The summed E-state index contributed by atoms with van der Waals surface area (Å²) in [4.78, 5) is 16.9. The second-order valence-corrected chi connectivity index (χ2v) is 4.13. The van der Waals surface area contributed by atoms with E-state index in [0.29, 0.717) is 5.56 Å². The van der Waals surface area contributed by atoms with Gasteiger partial charge >= 0.3 is 0 Å². The average Bonchev–Trinajstić information content (AvgIpc) is 2.65. The average molecular weight is 203 g/mol. The fourth-order valence-corrected chi connectivity index (χ4v) is 1.92. The Bertz CT molecular complexity index is 447. The third-order valence-electron chi connectivity index (χ3n) is 1.94. The summed E-state index contributed by atoms with van der Waals surface area (Å²) in [6.07, 6.45) is 3.26. The van der Waals surface area contributed by atoms with Crippen LogP contribution in [0.15, 0.2) is 36.0 Å². The van der Waals surface area contributed by atoms with E-state index in [2.05, 4.69) is 4.98 Å². The third-order valence-corrected chi connectivity index (χ3v) is 2.80. The molecule has 2 aromatic rings. The SMILES string of the molecule is Cc1cc(C(=O)c2ccncc2)cs1. The molecule has 0 saturated carbocycles. The summed E-state index contributed by atoms with van der Waals surface area (Å²) < 4.78 is 0. The summed E-state index contributed by atoms with van der Waals surface area (Å²) in [7, 11) is 0. The third kappa shape index (κ3) is 1.72. The van der Waals surface area contributed by atoms with Gasteiger partial charge in [0.2, 0.25) is 0 Å². The van der Waals surface area contributed by atoms with E-state index >= 15 is 0 Å². The maximum absolute atomic E-state index is 11.8. The van der Waals surface area contributed by atoms with E-state index < -0.39 is 0 Å². The Morgan fingerprint density at radius 2 is 2.00 bits per heavy atom. The van der Waals surface area contributed by atoms with Gasteiger partial charge in [0, 0.05) is 33.8 Å². The minimum Gasteiger partial charge on any atom is -0.289 e. The highest BCUT2D eigenvalue weighted by atomic mass is 32.1. The molecular weight excluding hydrogens is 194 g/mol. The number of thiophene rings is 1. The van der Waals surface area contributed by atoms with Gasteiger partial charge in [0.15, 0.2) is 5.78 Å². The molecule has 0 spiro atoms. The standard InChI is InChI=1S/C11H9NOS/c1-8-6-10(7-14-8)11(13)9-2-4-12-5-3-9/h2-7H,1H3. The van der Waals surface area contributed by atoms with E-state index in [0.717, 1.165) is 10.4 Å². The molecule has 0 unspecified atom stereocenters. The van der Waals surface area contributed by atoms with Gasteiger partial charge in [-0.15, -0.1) is 11.3 Å². The van der Waals surface area contributed by atoms with Crippen molar-refractivity contribution >= 4 is 17.1 Å². The van der Waals surface area contributed by atoms with Crippen LogP contribution in [-0.4, -0.2) is 10.8 Å². The lowest BCUT2D eigenvalue weighted by Gasteiger charge is -1.95. The van der Waals surface area contributed by atoms with E-state index in [1.165, 1.54) is 0 Å². The molecule has 0 aliphatic carbocycles. The molecule has 0 aliphatic rings. The highest BCUT2D eigenvalue weighted by molar-refractivity contribution is 7.10. The summed E-state index contributed by atoms with van der Waals surface area (Å²) in [6, 6.07) is 5.37. The number of carbonyl (C=O) groups excluding carboxylic acids is 1. The molecule has 0 N–H and O–H groups in total. The van der Waals surface area contributed by atoms with Gasteiger partial charge in [0.25, 0.3) is 0 Å². The first-order valence-electron chi connectivity index (χ1n) is 4.27. The first-order chi connectivity index (χ1) is 6.77. The molecular formula is C11H9NOS. The van der Waals surface area contributed by atoms with Crippen molar-refractivity contribution in [2.75, 3.05) is 0 Å². The molecule has 2 aromatic heterocycles. The summed E-state index contributed by atoms with van der Waals surface area (Å²) in [5, 5.41) is 1.89. The van der Waals surface area contributed by atoms with Crippen molar-refractivity contribution in [3.05, 3.63) is 52.0 Å². The van der Waals surface area contributed by atoms with Gasteiger partial charge in [-0.2, -0.15) is 0 Å². The van der Waals surface area contributed by atoms with E-state index in [1.807, 2.05) is 18.4 Å². The van der Waals surface area contributed by atoms with Crippen LogP contribution in [-0.2, 0) is 0 Å². The maximum atomic E-state index is 11.8. The number of hydrogen-bond acceptors (Lipinski definition) is 3. The minimum absolute atomic E-state index is 0.0664. The lowest BCUT2D eigenvalue weighted by atomic mass is 10.1. The first kappa shape index (κ1) is 9.09. The lowest BCUT2D eigenvalue weighted by Crippen LogP contribution is -1.98. The molecule has 14 heavy (non-hydrogen) atoms. The molecule has 2 heterocycles. The van der Waals surface area contributed by atoms with Crippen molar-refractivity contribution in [2.24, 2.45) is 0 Å². The Labute approximate surface area is 86.2 Å². The minimum atomic E-state index is 0.0664. The van der Waals surface area contributed by atoms with Gasteiger partial charge in [0.05, 0.1) is 0 Å². The normalized spacial score (nSPS) is 10.1. The van der Waals surface area contributed by atoms with Crippen LogP contribution in [0.25, 0.3) is 0 Å². The number of rotatable bonds is 2. The van der Waals surface area contributed by atoms with Crippen molar-refractivity contribution < 1.29 is 4.79 Å². The summed E-state index contributed by atoms with van der Waals surface area (Å²) in [5.74, 6) is 0.0664. The van der Waals surface area contributed by atoms with Gasteiger partial charge in [-0.1, -0.05) is 0 Å². The Morgan fingerprint density at radius 3 is 2.57 bits per heavy atom. The van der Waals surface area contributed by atoms with Crippen molar-refractivity contribution in [2.45, 2.75) is 6.92 Å². The van der Waals surface area contributed by atoms with E-state index in [1.54, 1.807) is 35.9 Å². The Morgan fingerprint density at radius 1 is 1.29 bits per heavy atom. The number of carbonyl (C=O) groups is 1.